The first-order chi connectivity index (χ1) is 15.5. The summed E-state index contributed by atoms with van der Waals surface area (Å²) in [5.74, 6) is 0.917. The number of fused-ring (bicyclic) bond motifs is 1. The lowest BCUT2D eigenvalue weighted by atomic mass is 9.79. The van der Waals surface area contributed by atoms with Crippen LogP contribution in [0, 0.1) is 0 Å². The quantitative estimate of drug-likeness (QED) is 0.512. The Balaban J connectivity index is 1.28. The molecule has 0 saturated carbocycles. The zero-order valence-corrected chi connectivity index (χ0v) is 18.5. The van der Waals surface area contributed by atoms with Crippen molar-refractivity contribution in [3.8, 4) is 0 Å². The van der Waals surface area contributed by atoms with E-state index in [9.17, 15) is 5.02 Å². The van der Waals surface area contributed by atoms with E-state index >= 15 is 0 Å². The first kappa shape index (κ1) is 21.0. The number of nitrogens with zero attached hydrogens (tertiary/aromatic N) is 4. The van der Waals surface area contributed by atoms with Gasteiger partial charge in [-0.25, -0.2) is 4.98 Å². The fraction of sp³-hybridized carbons (Fsp3) is 0.273. The Morgan fingerprint density at radius 1 is 1.03 bits per heavy atom. The molecule has 1 aromatic heterocycles. The van der Waals surface area contributed by atoms with E-state index in [0.29, 0.717) is 23.4 Å². The molecule has 0 atom stereocenters. The highest BCUT2D eigenvalue weighted by Gasteiger charge is 2.27. The van der Waals surface area contributed by atoms with E-state index < -0.39 is 7.12 Å². The van der Waals surface area contributed by atoms with Gasteiger partial charge in [0, 0.05) is 43.2 Å². The summed E-state index contributed by atoms with van der Waals surface area (Å²) in [4.78, 5) is 13.6. The van der Waals surface area contributed by atoms with Gasteiger partial charge in [0.15, 0.2) is 5.82 Å². The molecule has 1 saturated heterocycles. The number of hydrogen-bond acceptors (Lipinski definition) is 8. The minimum absolute atomic E-state index is 0.401. The van der Waals surface area contributed by atoms with Gasteiger partial charge in [-0.3, -0.25) is 0 Å². The van der Waals surface area contributed by atoms with Crippen molar-refractivity contribution < 1.29 is 9.68 Å². The van der Waals surface area contributed by atoms with Crippen LogP contribution in [0.1, 0.15) is 5.56 Å². The van der Waals surface area contributed by atoms with E-state index in [1.165, 1.54) is 5.69 Å². The van der Waals surface area contributed by atoms with Gasteiger partial charge in [-0.05, 0) is 54.5 Å². The Labute approximate surface area is 192 Å². The summed E-state index contributed by atoms with van der Waals surface area (Å²) >= 11 is 6.31. The highest BCUT2D eigenvalue weighted by atomic mass is 35.5. The van der Waals surface area contributed by atoms with Crippen molar-refractivity contribution in [2.75, 3.05) is 48.8 Å². The molecule has 8 nitrogen and oxygen atoms in total. The molecule has 32 heavy (non-hydrogen) atoms. The van der Waals surface area contributed by atoms with Crippen molar-refractivity contribution in [3.05, 3.63) is 59.2 Å². The second kappa shape index (κ2) is 8.95. The first-order valence-corrected chi connectivity index (χ1v) is 11.0. The molecule has 0 unspecified atom stereocenters. The topological polar surface area (TPSA) is 85.8 Å². The zero-order valence-electron chi connectivity index (χ0n) is 17.8. The number of aromatic nitrogens is 2. The van der Waals surface area contributed by atoms with E-state index in [2.05, 4.69) is 49.6 Å². The number of likely N-dealkylation sites (N-methyl/N-ethyl adjacent to an activating group) is 1. The summed E-state index contributed by atoms with van der Waals surface area (Å²) in [5.41, 5.74) is 4.59. The second-order valence-corrected chi connectivity index (χ2v) is 8.46. The van der Waals surface area contributed by atoms with E-state index in [1.807, 2.05) is 30.3 Å². The maximum atomic E-state index is 9.93. The second-order valence-electron chi connectivity index (χ2n) is 8.05. The molecule has 0 bridgehead atoms. The average Bonchev–Trinajstić information content (AvgIpc) is 3.17. The molecule has 0 amide bonds. The van der Waals surface area contributed by atoms with Crippen LogP contribution in [0.4, 0.5) is 28.8 Å². The normalized spacial score (nSPS) is 16.2. The van der Waals surface area contributed by atoms with Gasteiger partial charge in [0.05, 0.1) is 12.8 Å². The predicted molar refractivity (Wildman–Crippen MR) is 129 cm³/mol. The molecule has 2 aromatic carbocycles. The van der Waals surface area contributed by atoms with E-state index in [-0.39, 0.29) is 0 Å². The van der Waals surface area contributed by atoms with Crippen molar-refractivity contribution in [3.63, 3.8) is 0 Å². The highest BCUT2D eigenvalue weighted by molar-refractivity contribution is 6.61. The first-order valence-electron chi connectivity index (χ1n) is 10.6. The molecule has 3 aromatic rings. The molecule has 5 rings (SSSR count). The third-order valence-corrected chi connectivity index (χ3v) is 6.08. The monoisotopic (exact) mass is 450 g/mol. The number of halogens is 1. The van der Waals surface area contributed by atoms with Crippen LogP contribution in [-0.2, 0) is 11.3 Å². The standard InChI is InChI=1S/C22H24BClN6O2/c1-29-8-10-30(11-9-29)18-6-4-16(5-7-18)27-22-25-13-20(24)21(28-22)26-17-3-2-15-14-32-23(31)19(15)12-17/h2-7,12-13,31H,8-11,14H2,1H3,(H2,25,26,27,28). The Bertz CT molecular complexity index is 1110. The molecule has 1 fully saturated rings. The zero-order chi connectivity index (χ0) is 22.1. The molecule has 0 aliphatic carbocycles. The SMILES string of the molecule is CN1CCN(c2ccc(Nc3ncc(Cl)c(Nc4ccc5c(c4)B(O)OC5)n3)cc2)CC1. The Morgan fingerprint density at radius 2 is 1.78 bits per heavy atom. The molecule has 164 valence electrons. The van der Waals surface area contributed by atoms with Crippen molar-refractivity contribution >= 4 is 53.0 Å². The number of benzene rings is 2. The maximum Gasteiger partial charge on any atom is 0.491 e. The smallest absolute Gasteiger partial charge is 0.423 e. The van der Waals surface area contributed by atoms with E-state index in [4.69, 9.17) is 16.3 Å². The van der Waals surface area contributed by atoms with Crippen LogP contribution in [0.2, 0.25) is 5.02 Å². The fourth-order valence-corrected chi connectivity index (χ4v) is 4.03. The molecule has 3 heterocycles. The lowest BCUT2D eigenvalue weighted by molar-refractivity contribution is 0.275. The minimum Gasteiger partial charge on any atom is -0.423 e. The number of hydrogen-bond donors (Lipinski definition) is 3. The fourth-order valence-electron chi connectivity index (χ4n) is 3.89. The molecule has 2 aliphatic rings. The van der Waals surface area contributed by atoms with Crippen LogP contribution in [0.3, 0.4) is 0 Å². The summed E-state index contributed by atoms with van der Waals surface area (Å²) in [6.45, 7) is 4.62. The van der Waals surface area contributed by atoms with Gasteiger partial charge >= 0.3 is 7.12 Å². The summed E-state index contributed by atoms with van der Waals surface area (Å²) in [6.07, 6.45) is 1.56. The molecule has 10 heteroatoms. The van der Waals surface area contributed by atoms with Gasteiger partial charge in [-0.15, -0.1) is 0 Å². The van der Waals surface area contributed by atoms with Gasteiger partial charge in [-0.1, -0.05) is 17.7 Å². The summed E-state index contributed by atoms with van der Waals surface area (Å²) in [7, 11) is 1.25. The minimum atomic E-state index is -0.904. The third-order valence-electron chi connectivity index (χ3n) is 5.81. The molecule has 2 aliphatic heterocycles. The van der Waals surface area contributed by atoms with Gasteiger partial charge < -0.3 is 30.1 Å². The maximum absolute atomic E-state index is 9.93. The lowest BCUT2D eigenvalue weighted by Crippen LogP contribution is -2.44. The average molecular weight is 451 g/mol. The van der Waals surface area contributed by atoms with Gasteiger partial charge in [0.25, 0.3) is 0 Å². The molecule has 0 spiro atoms. The van der Waals surface area contributed by atoms with Gasteiger partial charge in [0.2, 0.25) is 5.95 Å². The van der Waals surface area contributed by atoms with Crippen LogP contribution < -0.4 is 21.0 Å². The Kier molecular flexibility index (Phi) is 5.88. The van der Waals surface area contributed by atoms with Crippen molar-refractivity contribution in [1.29, 1.82) is 0 Å². The Morgan fingerprint density at radius 3 is 2.56 bits per heavy atom. The van der Waals surface area contributed by atoms with Crippen LogP contribution in [-0.4, -0.2) is 60.2 Å². The van der Waals surface area contributed by atoms with E-state index in [1.54, 1.807) is 6.20 Å². The predicted octanol–water partition coefficient (Wildman–Crippen LogP) is 2.59. The van der Waals surface area contributed by atoms with Crippen LogP contribution in [0.25, 0.3) is 0 Å². The Hall–Kier alpha value is -2.85. The summed E-state index contributed by atoms with van der Waals surface area (Å²) in [5, 5.41) is 16.8. The van der Waals surface area contributed by atoms with Gasteiger partial charge in [0.1, 0.15) is 5.02 Å². The molecule has 0 radical (unpaired) electrons. The lowest BCUT2D eigenvalue weighted by Gasteiger charge is -2.34. The number of piperazine rings is 1. The van der Waals surface area contributed by atoms with Crippen LogP contribution in [0.15, 0.2) is 48.7 Å². The highest BCUT2D eigenvalue weighted by Crippen LogP contribution is 2.26. The number of nitrogens with one attached hydrogen (secondary N) is 2. The van der Waals surface area contributed by atoms with Crippen LogP contribution in [0.5, 0.6) is 0 Å². The van der Waals surface area contributed by atoms with Crippen molar-refractivity contribution in [2.45, 2.75) is 6.61 Å². The number of rotatable bonds is 5. The molecule has 3 N–H and O–H groups in total. The molecular formula is C22H24BClN6O2. The number of anilines is 5. The third kappa shape index (κ3) is 4.51. The van der Waals surface area contributed by atoms with E-state index in [0.717, 1.165) is 48.6 Å². The largest absolute Gasteiger partial charge is 0.491 e. The van der Waals surface area contributed by atoms with Gasteiger partial charge in [-0.2, -0.15) is 4.98 Å². The van der Waals surface area contributed by atoms with Crippen molar-refractivity contribution in [2.24, 2.45) is 0 Å². The van der Waals surface area contributed by atoms with Crippen LogP contribution >= 0.6 is 11.6 Å². The molecular weight excluding hydrogens is 427 g/mol. The summed E-state index contributed by atoms with van der Waals surface area (Å²) in [6, 6.07) is 13.9. The summed E-state index contributed by atoms with van der Waals surface area (Å²) < 4.78 is 5.25. The van der Waals surface area contributed by atoms with Crippen molar-refractivity contribution in [1.82, 2.24) is 14.9 Å².